The minimum atomic E-state index is -4.83. The van der Waals surface area contributed by atoms with Crippen molar-refractivity contribution in [3.63, 3.8) is 0 Å². The summed E-state index contributed by atoms with van der Waals surface area (Å²) in [7, 11) is -4.83. The number of hydrogen-bond acceptors (Lipinski definition) is 11. The quantitative estimate of drug-likeness (QED) is 0.104. The van der Waals surface area contributed by atoms with Gasteiger partial charge in [-0.3, -0.25) is 0 Å². The minimum absolute atomic E-state index is 0. The molecule has 0 saturated carbocycles. The number of aromatic hydroxyl groups is 1. The van der Waals surface area contributed by atoms with Crippen molar-refractivity contribution in [2.24, 2.45) is 20.5 Å². The Kier molecular flexibility index (Phi) is 17.1. The van der Waals surface area contributed by atoms with Gasteiger partial charge in [0.2, 0.25) is 0 Å². The zero-order valence-electron chi connectivity index (χ0n) is 30.2. The summed E-state index contributed by atoms with van der Waals surface area (Å²) in [6, 6.07) is 39.5. The molecule has 0 unspecified atom stereocenters. The summed E-state index contributed by atoms with van der Waals surface area (Å²) in [4.78, 5) is -0.597. The molecule has 0 amide bonds. The first-order chi connectivity index (χ1) is 25.1. The Bertz CT molecular complexity index is 2780. The van der Waals surface area contributed by atoms with Crippen LogP contribution in [-0.4, -0.2) is 18.1 Å². The molecule has 11 nitrogen and oxygen atoms in total. The van der Waals surface area contributed by atoms with Gasteiger partial charge in [-0.25, -0.2) is 8.42 Å². The SMILES string of the molecule is O=S(=O)([O-])c1cc([O-])c(N=Nc2c(O)ccc3ccccc23)c2ccccc12.[Cr+3].[Na+].[Na+].[Na+].[O-]c1c[c-]c2ccccc2c1N=Nc1c([O-])ccc2ccccc12. The second-order valence-corrected chi connectivity index (χ2v) is 12.8. The van der Waals surface area contributed by atoms with E-state index in [0.29, 0.717) is 16.2 Å². The first-order valence-electron chi connectivity index (χ1n) is 15.6. The first kappa shape index (κ1) is 47.0. The Balaban J connectivity index is 0.000000283. The number of fused-ring (bicyclic) bond motifs is 4. The van der Waals surface area contributed by atoms with Crippen LogP contribution in [0.2, 0.25) is 0 Å². The fourth-order valence-electron chi connectivity index (χ4n) is 5.76. The van der Waals surface area contributed by atoms with Crippen molar-refractivity contribution >= 4 is 76.0 Å². The van der Waals surface area contributed by atoms with E-state index in [4.69, 9.17) is 0 Å². The number of hydrogen-bond donors (Lipinski definition) is 1. The van der Waals surface area contributed by atoms with Crippen molar-refractivity contribution in [2.45, 2.75) is 4.90 Å². The molecule has 259 valence electrons. The molecule has 0 heterocycles. The number of rotatable bonds is 5. The average molecular weight is 825 g/mol. The summed E-state index contributed by atoms with van der Waals surface area (Å²) in [6.45, 7) is 0. The normalized spacial score (nSPS) is 11.0. The maximum Gasteiger partial charge on any atom is 3.00 e. The van der Waals surface area contributed by atoms with Crippen LogP contribution < -0.4 is 104 Å². The van der Waals surface area contributed by atoms with Gasteiger partial charge >= 0.3 is 106 Å². The third kappa shape index (κ3) is 10.0. The Labute approximate surface area is 398 Å². The van der Waals surface area contributed by atoms with Crippen molar-refractivity contribution in [3.05, 3.63) is 140 Å². The molecule has 1 N–H and O–H groups in total. The molecule has 8 aromatic rings. The molecular formula is C40H23CrN4Na3O7S+. The fraction of sp³-hybridized carbons (Fsp3) is 0. The van der Waals surface area contributed by atoms with Crippen LogP contribution in [0.4, 0.5) is 22.7 Å². The van der Waals surface area contributed by atoms with Gasteiger partial charge in [0.25, 0.3) is 0 Å². The van der Waals surface area contributed by atoms with Crippen LogP contribution in [0, 0.1) is 6.07 Å². The van der Waals surface area contributed by atoms with Crippen LogP contribution in [0.15, 0.2) is 159 Å². The minimum Gasteiger partial charge on any atom is -0.913 e. The zero-order valence-corrected chi connectivity index (χ0v) is 38.3. The summed E-state index contributed by atoms with van der Waals surface area (Å²) in [6.07, 6.45) is 0. The predicted octanol–water partition coefficient (Wildman–Crippen LogP) is -0.543. The van der Waals surface area contributed by atoms with E-state index in [1.807, 2.05) is 54.6 Å². The van der Waals surface area contributed by atoms with E-state index in [-0.39, 0.29) is 157 Å². The van der Waals surface area contributed by atoms with Crippen LogP contribution >= 0.6 is 0 Å². The zero-order chi connectivity index (χ0) is 36.4. The monoisotopic (exact) mass is 824 g/mol. The molecule has 8 aromatic carbocycles. The van der Waals surface area contributed by atoms with E-state index in [2.05, 4.69) is 26.5 Å². The molecule has 1 radical (unpaired) electrons. The van der Waals surface area contributed by atoms with Gasteiger partial charge in [0, 0.05) is 27.2 Å². The maximum atomic E-state index is 12.5. The largest absolute Gasteiger partial charge is 3.00 e. The molecule has 8 rings (SSSR count). The summed E-state index contributed by atoms with van der Waals surface area (Å²) >= 11 is 0. The van der Waals surface area contributed by atoms with E-state index in [9.17, 15) is 33.4 Å². The van der Waals surface area contributed by atoms with Gasteiger partial charge in [0.05, 0.1) is 16.3 Å². The Hall–Kier alpha value is -3.36. The topological polar surface area (TPSA) is 196 Å². The number of phenols is 1. The van der Waals surface area contributed by atoms with E-state index >= 15 is 0 Å². The Morgan fingerprint density at radius 2 is 0.946 bits per heavy atom. The standard InChI is InChI=1S/C20H14N2O5S.C20H13N2O2.Cr.3Na/c23-16-10-9-12-5-1-2-6-13(12)19(16)21-22-20-15-8-4-3-7-14(15)18(11-17(20)24)28(25,26)27;23-17-11-9-13-5-1-3-7-15(13)19(17)21-22-20-16-8-4-2-6-14(16)10-12-18(20)24;;;;/h1-11,23-24H,(H,25,26,27);1-9,11-12,23-24H;;;;/q;-1;+3;3*+1/p-4. The van der Waals surface area contributed by atoms with Crippen molar-refractivity contribution in [3.8, 4) is 23.0 Å². The molecular weight excluding hydrogens is 801 g/mol. The second kappa shape index (κ2) is 20.4. The molecule has 0 aliphatic rings. The molecule has 0 aromatic heterocycles. The number of benzene rings is 8. The number of azo groups is 2. The fourth-order valence-corrected chi connectivity index (χ4v) is 6.46. The molecule has 0 aliphatic carbocycles. The molecule has 0 fully saturated rings. The second-order valence-electron chi connectivity index (χ2n) is 11.5. The van der Waals surface area contributed by atoms with Gasteiger partial charge in [0.15, 0.2) is 0 Å². The third-order valence-electron chi connectivity index (χ3n) is 8.23. The van der Waals surface area contributed by atoms with Crippen molar-refractivity contribution < 1.29 is 139 Å². The molecule has 0 atom stereocenters. The molecule has 0 saturated heterocycles. The number of phenolic OH excluding ortho intramolecular Hbond substituents is 1. The van der Waals surface area contributed by atoms with Gasteiger partial charge in [-0.15, -0.1) is 28.7 Å². The van der Waals surface area contributed by atoms with Crippen LogP contribution in [-0.2, 0) is 27.5 Å². The van der Waals surface area contributed by atoms with Crippen molar-refractivity contribution in [1.82, 2.24) is 0 Å². The first-order valence-corrected chi connectivity index (χ1v) is 17.0. The predicted molar refractivity (Wildman–Crippen MR) is 191 cm³/mol. The van der Waals surface area contributed by atoms with Crippen LogP contribution in [0.1, 0.15) is 0 Å². The molecule has 56 heavy (non-hydrogen) atoms. The van der Waals surface area contributed by atoms with Gasteiger partial charge < -0.3 is 25.0 Å². The summed E-state index contributed by atoms with van der Waals surface area (Å²) in [5, 5.41) is 68.0. The third-order valence-corrected chi connectivity index (χ3v) is 9.11. The molecule has 0 aliphatic heterocycles. The van der Waals surface area contributed by atoms with Gasteiger partial charge in [0.1, 0.15) is 21.6 Å². The summed E-state index contributed by atoms with van der Waals surface area (Å²) < 4.78 is 34.5. The Morgan fingerprint density at radius 3 is 1.55 bits per heavy atom. The average Bonchev–Trinajstić information content (AvgIpc) is 3.15. The van der Waals surface area contributed by atoms with E-state index < -0.39 is 20.8 Å². The van der Waals surface area contributed by atoms with E-state index in [1.165, 1.54) is 30.3 Å². The Morgan fingerprint density at radius 1 is 0.500 bits per heavy atom. The van der Waals surface area contributed by atoms with Gasteiger partial charge in [-0.05, 0) is 22.9 Å². The molecule has 0 spiro atoms. The van der Waals surface area contributed by atoms with E-state index in [0.717, 1.165) is 22.2 Å². The summed E-state index contributed by atoms with van der Waals surface area (Å²) in [5.74, 6) is -1.36. The van der Waals surface area contributed by atoms with Crippen molar-refractivity contribution in [2.75, 3.05) is 0 Å². The molecule has 16 heteroatoms. The van der Waals surface area contributed by atoms with Crippen LogP contribution in [0.25, 0.3) is 43.1 Å². The number of nitrogens with zero attached hydrogens (tertiary/aromatic N) is 4. The van der Waals surface area contributed by atoms with Gasteiger partial charge in [-0.1, -0.05) is 120 Å². The maximum absolute atomic E-state index is 12.5. The van der Waals surface area contributed by atoms with Crippen LogP contribution in [0.3, 0.4) is 0 Å². The smallest absolute Gasteiger partial charge is 0.913 e. The van der Waals surface area contributed by atoms with Gasteiger partial charge in [-0.2, -0.15) is 27.2 Å². The van der Waals surface area contributed by atoms with E-state index in [1.54, 1.807) is 42.5 Å². The summed E-state index contributed by atoms with van der Waals surface area (Å²) in [5.41, 5.74) is 0.526. The van der Waals surface area contributed by atoms with Crippen LogP contribution in [0.5, 0.6) is 23.0 Å². The van der Waals surface area contributed by atoms with Crippen molar-refractivity contribution in [1.29, 1.82) is 0 Å². The molecule has 0 bridgehead atoms.